The zero-order valence-electron chi connectivity index (χ0n) is 14.3. The Hall–Kier alpha value is -3.41. The van der Waals surface area contributed by atoms with Gasteiger partial charge in [0.15, 0.2) is 0 Å². The van der Waals surface area contributed by atoms with Crippen molar-refractivity contribution in [1.29, 1.82) is 0 Å². The van der Waals surface area contributed by atoms with Gasteiger partial charge in [-0.15, -0.1) is 0 Å². The minimum Gasteiger partial charge on any atom is -0.469 e. The molecule has 0 saturated carbocycles. The molecule has 0 aliphatic heterocycles. The molecule has 0 radical (unpaired) electrons. The summed E-state index contributed by atoms with van der Waals surface area (Å²) in [4.78, 5) is 36.7. The number of esters is 1. The number of methoxy groups -OCH3 is 1. The molecule has 0 spiro atoms. The quantitative estimate of drug-likeness (QED) is 0.716. The Kier molecular flexibility index (Phi) is 5.12. The summed E-state index contributed by atoms with van der Waals surface area (Å²) >= 11 is 0. The lowest BCUT2D eigenvalue weighted by Crippen LogP contribution is -2.29. The number of carbonyl (C=O) groups excluding carboxylic acids is 2. The van der Waals surface area contributed by atoms with Gasteiger partial charge >= 0.3 is 5.97 Å². The van der Waals surface area contributed by atoms with Gasteiger partial charge < -0.3 is 10.1 Å². The zero-order valence-corrected chi connectivity index (χ0v) is 14.3. The highest BCUT2D eigenvalue weighted by atomic mass is 16.5. The standard InChI is InChI=1S/C20H18N2O4/c1-26-18(23)11-12-21-19(24)17-13-22(14-7-3-2-4-8-14)20(25)16-10-6-5-9-15(16)17/h2-10,13H,11-12H2,1H3,(H,21,24). The average Bonchev–Trinajstić information content (AvgIpc) is 2.69. The number of pyridine rings is 1. The van der Waals surface area contributed by atoms with Gasteiger partial charge in [-0.25, -0.2) is 0 Å². The van der Waals surface area contributed by atoms with Crippen LogP contribution in [0.15, 0.2) is 65.6 Å². The van der Waals surface area contributed by atoms with Crippen molar-refractivity contribution in [3.63, 3.8) is 0 Å². The van der Waals surface area contributed by atoms with Crippen molar-refractivity contribution in [2.45, 2.75) is 6.42 Å². The van der Waals surface area contributed by atoms with E-state index in [0.29, 0.717) is 22.0 Å². The van der Waals surface area contributed by atoms with Crippen LogP contribution in [0.2, 0.25) is 0 Å². The molecule has 3 aromatic rings. The van der Waals surface area contributed by atoms with Gasteiger partial charge in [0.25, 0.3) is 11.5 Å². The molecular formula is C20H18N2O4. The lowest BCUT2D eigenvalue weighted by molar-refractivity contribution is -0.140. The molecule has 1 N–H and O–H groups in total. The van der Waals surface area contributed by atoms with Crippen molar-refractivity contribution in [2.24, 2.45) is 0 Å². The van der Waals surface area contributed by atoms with Gasteiger partial charge in [0.05, 0.1) is 19.1 Å². The Morgan fingerprint density at radius 1 is 1.00 bits per heavy atom. The number of aromatic nitrogens is 1. The fourth-order valence-corrected chi connectivity index (χ4v) is 2.73. The highest BCUT2D eigenvalue weighted by Crippen LogP contribution is 2.17. The van der Waals surface area contributed by atoms with E-state index in [1.807, 2.05) is 18.2 Å². The van der Waals surface area contributed by atoms with E-state index in [1.165, 1.54) is 17.9 Å². The fourth-order valence-electron chi connectivity index (χ4n) is 2.73. The highest BCUT2D eigenvalue weighted by molar-refractivity contribution is 6.06. The molecule has 26 heavy (non-hydrogen) atoms. The minimum atomic E-state index is -0.399. The molecule has 3 rings (SSSR count). The summed E-state index contributed by atoms with van der Waals surface area (Å²) in [7, 11) is 1.30. The van der Waals surface area contributed by atoms with Crippen molar-refractivity contribution in [1.82, 2.24) is 9.88 Å². The number of ether oxygens (including phenoxy) is 1. The number of rotatable bonds is 5. The summed E-state index contributed by atoms with van der Waals surface area (Å²) in [5, 5.41) is 3.72. The van der Waals surface area contributed by atoms with Crippen LogP contribution in [0.3, 0.4) is 0 Å². The van der Waals surface area contributed by atoms with Crippen molar-refractivity contribution >= 4 is 22.6 Å². The third kappa shape index (κ3) is 3.49. The Morgan fingerprint density at radius 3 is 2.35 bits per heavy atom. The Morgan fingerprint density at radius 2 is 1.65 bits per heavy atom. The van der Waals surface area contributed by atoms with Crippen LogP contribution in [-0.2, 0) is 9.53 Å². The number of amides is 1. The predicted molar refractivity (Wildman–Crippen MR) is 98.5 cm³/mol. The fraction of sp³-hybridized carbons (Fsp3) is 0.150. The smallest absolute Gasteiger partial charge is 0.307 e. The van der Waals surface area contributed by atoms with Gasteiger partial charge in [-0.3, -0.25) is 19.0 Å². The molecule has 6 heteroatoms. The second kappa shape index (κ2) is 7.65. The van der Waals surface area contributed by atoms with Crippen LogP contribution in [0.25, 0.3) is 16.5 Å². The first-order valence-electron chi connectivity index (χ1n) is 8.16. The summed E-state index contributed by atoms with van der Waals surface area (Å²) in [6, 6.07) is 16.1. The van der Waals surface area contributed by atoms with E-state index in [0.717, 1.165) is 0 Å². The first kappa shape index (κ1) is 17.4. The highest BCUT2D eigenvalue weighted by Gasteiger charge is 2.15. The lowest BCUT2D eigenvalue weighted by Gasteiger charge is -2.12. The summed E-state index contributed by atoms with van der Waals surface area (Å²) in [6.45, 7) is 0.157. The largest absolute Gasteiger partial charge is 0.469 e. The van der Waals surface area contributed by atoms with Gasteiger partial charge in [0.1, 0.15) is 0 Å². The normalized spacial score (nSPS) is 10.5. The second-order valence-electron chi connectivity index (χ2n) is 5.68. The van der Waals surface area contributed by atoms with Crippen LogP contribution in [0.1, 0.15) is 16.8 Å². The van der Waals surface area contributed by atoms with Crippen molar-refractivity contribution < 1.29 is 14.3 Å². The zero-order chi connectivity index (χ0) is 18.5. The maximum atomic E-state index is 12.8. The van der Waals surface area contributed by atoms with Crippen LogP contribution in [0.4, 0.5) is 0 Å². The first-order valence-corrected chi connectivity index (χ1v) is 8.16. The number of hydrogen-bond acceptors (Lipinski definition) is 4. The molecule has 1 heterocycles. The molecule has 0 aliphatic carbocycles. The summed E-state index contributed by atoms with van der Waals surface area (Å²) < 4.78 is 6.02. The molecule has 2 aromatic carbocycles. The SMILES string of the molecule is COC(=O)CCNC(=O)c1cn(-c2ccccc2)c(=O)c2ccccc12. The van der Waals surface area contributed by atoms with Gasteiger partial charge in [0.2, 0.25) is 0 Å². The number of nitrogens with zero attached hydrogens (tertiary/aromatic N) is 1. The van der Waals surface area contributed by atoms with Crippen molar-refractivity contribution in [3.05, 3.63) is 76.7 Å². The number of carbonyl (C=O) groups is 2. The maximum absolute atomic E-state index is 12.8. The molecule has 0 fully saturated rings. The Labute approximate surface area is 150 Å². The predicted octanol–water partition coefficient (Wildman–Crippen LogP) is 2.28. The van der Waals surface area contributed by atoms with Crippen molar-refractivity contribution in [2.75, 3.05) is 13.7 Å². The van der Waals surface area contributed by atoms with Gasteiger partial charge in [-0.1, -0.05) is 36.4 Å². The molecule has 1 aromatic heterocycles. The van der Waals surface area contributed by atoms with E-state index in [-0.39, 0.29) is 24.4 Å². The van der Waals surface area contributed by atoms with Crippen LogP contribution in [-0.4, -0.2) is 30.1 Å². The van der Waals surface area contributed by atoms with Crippen LogP contribution < -0.4 is 10.9 Å². The number of para-hydroxylation sites is 1. The second-order valence-corrected chi connectivity index (χ2v) is 5.68. The van der Waals surface area contributed by atoms with Crippen molar-refractivity contribution in [3.8, 4) is 5.69 Å². The average molecular weight is 350 g/mol. The molecule has 1 amide bonds. The van der Waals surface area contributed by atoms with E-state index in [1.54, 1.807) is 36.4 Å². The Bertz CT molecular complexity index is 1010. The maximum Gasteiger partial charge on any atom is 0.307 e. The van der Waals surface area contributed by atoms with Crippen LogP contribution in [0.5, 0.6) is 0 Å². The van der Waals surface area contributed by atoms with E-state index in [9.17, 15) is 14.4 Å². The lowest BCUT2D eigenvalue weighted by atomic mass is 10.1. The van der Waals surface area contributed by atoms with Gasteiger partial charge in [0, 0.05) is 29.2 Å². The summed E-state index contributed by atoms with van der Waals surface area (Å²) in [6.07, 6.45) is 1.62. The monoisotopic (exact) mass is 350 g/mol. The molecular weight excluding hydrogens is 332 g/mol. The molecule has 0 bridgehead atoms. The topological polar surface area (TPSA) is 77.4 Å². The first-order chi connectivity index (χ1) is 12.6. The van der Waals surface area contributed by atoms with E-state index in [2.05, 4.69) is 10.1 Å². The third-order valence-electron chi connectivity index (χ3n) is 4.05. The molecule has 132 valence electrons. The minimum absolute atomic E-state index is 0.0818. The molecule has 0 atom stereocenters. The van der Waals surface area contributed by atoms with Gasteiger partial charge in [-0.05, 0) is 18.2 Å². The molecule has 0 aliphatic rings. The summed E-state index contributed by atoms with van der Waals surface area (Å²) in [5.74, 6) is -0.751. The third-order valence-corrected chi connectivity index (χ3v) is 4.05. The molecule has 6 nitrogen and oxygen atoms in total. The molecule has 0 unspecified atom stereocenters. The number of hydrogen-bond donors (Lipinski definition) is 1. The number of nitrogens with one attached hydrogen (secondary N) is 1. The van der Waals surface area contributed by atoms with E-state index >= 15 is 0 Å². The Balaban J connectivity index is 2.04. The molecule has 0 saturated heterocycles. The van der Waals surface area contributed by atoms with Crippen LogP contribution in [0, 0.1) is 0 Å². The van der Waals surface area contributed by atoms with Crippen LogP contribution >= 0.6 is 0 Å². The van der Waals surface area contributed by atoms with E-state index in [4.69, 9.17) is 0 Å². The van der Waals surface area contributed by atoms with E-state index < -0.39 is 5.97 Å². The number of benzene rings is 2. The number of fused-ring (bicyclic) bond motifs is 1. The summed E-state index contributed by atoms with van der Waals surface area (Å²) in [5.41, 5.74) is 0.846. The van der Waals surface area contributed by atoms with Gasteiger partial charge in [-0.2, -0.15) is 0 Å².